The highest BCUT2D eigenvalue weighted by Crippen LogP contribution is 2.39. The van der Waals surface area contributed by atoms with Crippen LogP contribution in [0.4, 0.5) is 10.3 Å². The van der Waals surface area contributed by atoms with Gasteiger partial charge in [0.25, 0.3) is 0 Å². The lowest BCUT2D eigenvalue weighted by Gasteiger charge is -2.38. The number of nitrogens with one attached hydrogen (secondary N) is 1. The Hall–Kier alpha value is -2.43. The molecule has 1 aliphatic rings. The zero-order valence-corrected chi connectivity index (χ0v) is 14.6. The molecule has 1 aromatic carbocycles. The number of rotatable bonds is 6. The molecule has 0 aliphatic heterocycles. The van der Waals surface area contributed by atoms with Crippen molar-refractivity contribution in [3.63, 3.8) is 0 Å². The van der Waals surface area contributed by atoms with Gasteiger partial charge in [0.05, 0.1) is 17.7 Å². The predicted octanol–water partition coefficient (Wildman–Crippen LogP) is 4.89. The molecular weight excluding hydrogens is 317 g/mol. The average molecular weight is 341 g/mol. The van der Waals surface area contributed by atoms with Crippen molar-refractivity contribution in [3.05, 3.63) is 60.2 Å². The Kier molecular flexibility index (Phi) is 5.31. The fourth-order valence-electron chi connectivity index (χ4n) is 3.44. The van der Waals surface area contributed by atoms with Gasteiger partial charge in [0.15, 0.2) is 0 Å². The fourth-order valence-corrected chi connectivity index (χ4v) is 3.44. The highest BCUT2D eigenvalue weighted by atomic mass is 19.1. The number of hydrogen-bond acceptors (Lipinski definition) is 4. The normalized spacial score (nSPS) is 16.2. The quantitative estimate of drug-likeness (QED) is 0.760. The first-order valence-electron chi connectivity index (χ1n) is 8.81. The predicted molar refractivity (Wildman–Crippen MR) is 97.5 cm³/mol. The van der Waals surface area contributed by atoms with Gasteiger partial charge in [-0.25, -0.2) is 14.4 Å². The number of hydrogen-bond donors (Lipinski definition) is 1. The van der Waals surface area contributed by atoms with Crippen molar-refractivity contribution in [2.75, 3.05) is 11.9 Å². The maximum Gasteiger partial charge on any atom is 0.223 e. The largest absolute Gasteiger partial charge is 0.494 e. The minimum Gasteiger partial charge on any atom is -0.494 e. The van der Waals surface area contributed by atoms with Gasteiger partial charge in [0.2, 0.25) is 5.95 Å². The van der Waals surface area contributed by atoms with Gasteiger partial charge in [0.1, 0.15) is 11.6 Å². The summed E-state index contributed by atoms with van der Waals surface area (Å²) in [4.78, 5) is 8.82. The molecule has 0 saturated heterocycles. The maximum atomic E-state index is 13.8. The van der Waals surface area contributed by atoms with Gasteiger partial charge in [-0.05, 0) is 37.5 Å². The Balaban J connectivity index is 1.85. The Bertz CT molecular complexity index is 724. The smallest absolute Gasteiger partial charge is 0.223 e. The topological polar surface area (TPSA) is 47.0 Å². The van der Waals surface area contributed by atoms with Crippen molar-refractivity contribution in [1.82, 2.24) is 9.97 Å². The lowest BCUT2D eigenvalue weighted by atomic mass is 9.76. The van der Waals surface area contributed by atoms with Crippen LogP contribution >= 0.6 is 0 Å². The number of aromatic nitrogens is 2. The molecule has 1 aliphatic carbocycles. The van der Waals surface area contributed by atoms with Gasteiger partial charge < -0.3 is 10.1 Å². The Morgan fingerprint density at radius 2 is 1.96 bits per heavy atom. The molecule has 5 heteroatoms. The van der Waals surface area contributed by atoms with Crippen LogP contribution in [0.1, 0.15) is 50.2 Å². The molecule has 25 heavy (non-hydrogen) atoms. The second-order valence-electron chi connectivity index (χ2n) is 6.43. The molecular formula is C20H24FN3O. The second-order valence-corrected chi connectivity index (χ2v) is 6.43. The summed E-state index contributed by atoms with van der Waals surface area (Å²) in [5.41, 5.74) is 1.40. The van der Waals surface area contributed by atoms with Crippen molar-refractivity contribution in [3.8, 4) is 0 Å². The lowest BCUT2D eigenvalue weighted by molar-refractivity contribution is 0.299. The van der Waals surface area contributed by atoms with Crippen LogP contribution in [0.3, 0.4) is 0 Å². The molecule has 0 atom stereocenters. The summed E-state index contributed by atoms with van der Waals surface area (Å²) >= 11 is 0. The third kappa shape index (κ3) is 3.98. The van der Waals surface area contributed by atoms with E-state index in [1.54, 1.807) is 24.5 Å². The average Bonchev–Trinajstić information content (AvgIpc) is 2.63. The first-order chi connectivity index (χ1) is 12.1. The molecule has 0 amide bonds. The highest BCUT2D eigenvalue weighted by molar-refractivity contribution is 5.56. The minimum atomic E-state index is -0.321. The standard InChI is InChI=1S/C20H24FN3O/c1-3-25-15(2)16-13-22-19(23-14-16)24-20(10-5-4-6-11-20)17-8-7-9-18(21)12-17/h7-9,12-14H,2-6,10-11H2,1H3,(H,22,23,24). The molecule has 1 saturated carbocycles. The summed E-state index contributed by atoms with van der Waals surface area (Å²) in [6.45, 7) is 6.33. The zero-order chi connectivity index (χ0) is 17.7. The SMILES string of the molecule is C=C(OCC)c1cnc(NC2(c3cccc(F)c3)CCCCC2)nc1. The molecule has 2 aromatic rings. The summed E-state index contributed by atoms with van der Waals surface area (Å²) in [5.74, 6) is 0.888. The Morgan fingerprint density at radius 1 is 1.24 bits per heavy atom. The molecule has 0 unspecified atom stereocenters. The van der Waals surface area contributed by atoms with Crippen molar-refractivity contribution in [2.24, 2.45) is 0 Å². The van der Waals surface area contributed by atoms with Crippen LogP contribution in [-0.2, 0) is 10.3 Å². The molecule has 0 spiro atoms. The number of anilines is 1. The van der Waals surface area contributed by atoms with Gasteiger partial charge in [-0.15, -0.1) is 0 Å². The Morgan fingerprint density at radius 3 is 2.60 bits per heavy atom. The monoisotopic (exact) mass is 341 g/mol. The van der Waals surface area contributed by atoms with Crippen LogP contribution in [0, 0.1) is 5.82 Å². The minimum absolute atomic E-state index is 0.214. The molecule has 1 fully saturated rings. The van der Waals surface area contributed by atoms with E-state index in [2.05, 4.69) is 21.9 Å². The molecule has 1 heterocycles. The number of nitrogens with zero attached hydrogens (tertiary/aromatic N) is 2. The van der Waals surface area contributed by atoms with E-state index in [1.807, 2.05) is 13.0 Å². The van der Waals surface area contributed by atoms with E-state index >= 15 is 0 Å². The van der Waals surface area contributed by atoms with Crippen molar-refractivity contribution >= 4 is 11.7 Å². The first-order valence-corrected chi connectivity index (χ1v) is 8.81. The number of ether oxygens (including phenoxy) is 1. The first kappa shape index (κ1) is 17.4. The molecule has 3 rings (SSSR count). The van der Waals surface area contributed by atoms with E-state index in [0.717, 1.165) is 36.8 Å². The van der Waals surface area contributed by atoms with Gasteiger partial charge in [-0.1, -0.05) is 38.0 Å². The van der Waals surface area contributed by atoms with Crippen LogP contribution in [0.15, 0.2) is 43.2 Å². The third-order valence-electron chi connectivity index (χ3n) is 4.73. The zero-order valence-electron chi connectivity index (χ0n) is 14.6. The van der Waals surface area contributed by atoms with Crippen molar-refractivity contribution in [1.29, 1.82) is 0 Å². The summed E-state index contributed by atoms with van der Waals surface area (Å²) in [7, 11) is 0. The van der Waals surface area contributed by atoms with Gasteiger partial charge >= 0.3 is 0 Å². The van der Waals surface area contributed by atoms with Gasteiger partial charge in [0, 0.05) is 12.4 Å². The van der Waals surface area contributed by atoms with Crippen LogP contribution in [-0.4, -0.2) is 16.6 Å². The van der Waals surface area contributed by atoms with E-state index in [4.69, 9.17) is 4.74 Å². The lowest BCUT2D eigenvalue weighted by Crippen LogP contribution is -2.38. The highest BCUT2D eigenvalue weighted by Gasteiger charge is 2.34. The van der Waals surface area contributed by atoms with Crippen LogP contribution < -0.4 is 5.32 Å². The maximum absolute atomic E-state index is 13.8. The van der Waals surface area contributed by atoms with Crippen LogP contribution in [0.2, 0.25) is 0 Å². The Labute approximate surface area is 148 Å². The molecule has 4 nitrogen and oxygen atoms in total. The van der Waals surface area contributed by atoms with Crippen molar-refractivity contribution in [2.45, 2.75) is 44.6 Å². The van der Waals surface area contributed by atoms with Crippen LogP contribution in [0.5, 0.6) is 0 Å². The van der Waals surface area contributed by atoms with E-state index in [9.17, 15) is 4.39 Å². The van der Waals surface area contributed by atoms with E-state index in [0.29, 0.717) is 18.3 Å². The number of benzene rings is 1. The van der Waals surface area contributed by atoms with Gasteiger partial charge in [-0.2, -0.15) is 0 Å². The molecule has 1 N–H and O–H groups in total. The van der Waals surface area contributed by atoms with Gasteiger partial charge in [-0.3, -0.25) is 0 Å². The second kappa shape index (κ2) is 7.64. The van der Waals surface area contributed by atoms with Crippen LogP contribution in [0.25, 0.3) is 5.76 Å². The van der Waals surface area contributed by atoms with E-state index in [-0.39, 0.29) is 11.4 Å². The summed E-state index contributed by atoms with van der Waals surface area (Å²) in [6, 6.07) is 6.83. The molecule has 132 valence electrons. The molecule has 0 radical (unpaired) electrons. The fraction of sp³-hybridized carbons (Fsp3) is 0.400. The summed E-state index contributed by atoms with van der Waals surface area (Å²) in [5, 5.41) is 3.48. The molecule has 0 bridgehead atoms. The third-order valence-corrected chi connectivity index (χ3v) is 4.73. The summed E-state index contributed by atoms with van der Waals surface area (Å²) < 4.78 is 19.1. The van der Waals surface area contributed by atoms with E-state index < -0.39 is 0 Å². The summed E-state index contributed by atoms with van der Waals surface area (Å²) in [6.07, 6.45) is 8.68. The molecule has 1 aromatic heterocycles. The number of halogens is 1. The van der Waals surface area contributed by atoms with Crippen molar-refractivity contribution < 1.29 is 9.13 Å². The van der Waals surface area contributed by atoms with E-state index in [1.165, 1.54) is 12.5 Å².